The first-order valence-electron chi connectivity index (χ1n) is 27.3. The number of halogens is 2. The summed E-state index contributed by atoms with van der Waals surface area (Å²) in [7, 11) is 7.09. The molecule has 434 valence electrons. The normalized spacial score (nSPS) is 25.2. The highest BCUT2D eigenvalue weighted by atomic mass is 35.5. The molecule has 0 bridgehead atoms. The van der Waals surface area contributed by atoms with Gasteiger partial charge in [0.25, 0.3) is 0 Å². The van der Waals surface area contributed by atoms with Crippen LogP contribution in [0.4, 0.5) is 4.39 Å². The summed E-state index contributed by atoms with van der Waals surface area (Å²) in [5.41, 5.74) is 1.78. The van der Waals surface area contributed by atoms with Crippen molar-refractivity contribution in [3.8, 4) is 0 Å². The molecule has 3 aromatic rings. The van der Waals surface area contributed by atoms with Gasteiger partial charge < -0.3 is 55.2 Å². The molecule has 3 fully saturated rings. The van der Waals surface area contributed by atoms with Gasteiger partial charge in [-0.05, 0) is 86.4 Å². The smallest absolute Gasteiger partial charge is 0.246 e. The fourth-order valence-electron chi connectivity index (χ4n) is 10.2. The zero-order valence-corrected chi connectivity index (χ0v) is 47.5. The molecular weight excluding hydrogens is 1050 g/mol. The van der Waals surface area contributed by atoms with Crippen LogP contribution < -0.4 is 21.3 Å². The Kier molecular flexibility index (Phi) is 22.9. The van der Waals surface area contributed by atoms with Crippen LogP contribution in [0.5, 0.6) is 0 Å². The Balaban J connectivity index is 1.44. The number of fused-ring (bicyclic) bond motifs is 1. The predicted octanol–water partition coefficient (Wildman–Crippen LogP) is 2.67. The molecule has 0 spiro atoms. The van der Waals surface area contributed by atoms with E-state index in [-0.39, 0.29) is 70.7 Å². The number of ether oxygens (including phenoxy) is 2. The Morgan fingerprint density at radius 1 is 0.562 bits per heavy atom. The molecule has 2 saturated heterocycles. The highest BCUT2D eigenvalue weighted by Crippen LogP contribution is 2.31. The number of carbonyl (C=O) groups is 9. The van der Waals surface area contributed by atoms with E-state index in [1.165, 1.54) is 88.2 Å². The van der Waals surface area contributed by atoms with Gasteiger partial charge in [0.05, 0.1) is 13.2 Å². The molecule has 2 aliphatic heterocycles. The minimum absolute atomic E-state index is 0.00374. The van der Waals surface area contributed by atoms with Crippen LogP contribution >= 0.6 is 11.6 Å². The van der Waals surface area contributed by atoms with Crippen molar-refractivity contribution in [1.82, 2.24) is 45.8 Å². The van der Waals surface area contributed by atoms with Crippen molar-refractivity contribution < 1.29 is 57.0 Å². The number of hydrogen-bond donors (Lipinski definition) is 4. The van der Waals surface area contributed by atoms with Crippen molar-refractivity contribution in [2.75, 3.05) is 68.2 Å². The van der Waals surface area contributed by atoms with Gasteiger partial charge in [0.1, 0.15) is 54.2 Å². The second kappa shape index (κ2) is 29.5. The molecule has 0 unspecified atom stereocenters. The highest BCUT2D eigenvalue weighted by Gasteiger charge is 2.43. The summed E-state index contributed by atoms with van der Waals surface area (Å²) >= 11 is 6.28. The second-order valence-corrected chi connectivity index (χ2v) is 21.6. The van der Waals surface area contributed by atoms with Gasteiger partial charge in [0.15, 0.2) is 0 Å². The Labute approximate surface area is 472 Å². The summed E-state index contributed by atoms with van der Waals surface area (Å²) in [4.78, 5) is 138. The van der Waals surface area contributed by atoms with Crippen LogP contribution in [0.1, 0.15) is 75.5 Å². The number of benzene rings is 3. The lowest BCUT2D eigenvalue weighted by Crippen LogP contribution is -2.61. The van der Waals surface area contributed by atoms with Gasteiger partial charge in [-0.2, -0.15) is 0 Å². The van der Waals surface area contributed by atoms with E-state index < -0.39 is 114 Å². The third-order valence-corrected chi connectivity index (χ3v) is 15.9. The Bertz CT molecular complexity index is 2650. The van der Waals surface area contributed by atoms with Crippen molar-refractivity contribution in [2.24, 2.45) is 5.92 Å². The van der Waals surface area contributed by atoms with Crippen molar-refractivity contribution in [2.45, 2.75) is 126 Å². The first kappa shape index (κ1) is 62.2. The van der Waals surface area contributed by atoms with Crippen molar-refractivity contribution in [3.63, 3.8) is 0 Å². The molecule has 8 atom stereocenters. The largest absolute Gasteiger partial charge is 0.385 e. The Hall–Kier alpha value is -6.97. The van der Waals surface area contributed by atoms with Crippen LogP contribution in [-0.2, 0) is 71.9 Å². The van der Waals surface area contributed by atoms with E-state index in [2.05, 4.69) is 21.3 Å². The van der Waals surface area contributed by atoms with Crippen LogP contribution in [0.15, 0.2) is 78.9 Å². The summed E-state index contributed by atoms with van der Waals surface area (Å²) in [6.07, 6.45) is 3.06. The van der Waals surface area contributed by atoms with Crippen LogP contribution in [0.2, 0.25) is 5.02 Å². The van der Waals surface area contributed by atoms with E-state index >= 15 is 9.59 Å². The molecule has 9 amide bonds. The van der Waals surface area contributed by atoms with Crippen molar-refractivity contribution in [3.05, 3.63) is 106 Å². The first-order chi connectivity index (χ1) is 38.2. The van der Waals surface area contributed by atoms with E-state index in [4.69, 9.17) is 21.1 Å². The van der Waals surface area contributed by atoms with Gasteiger partial charge in [-0.15, -0.1) is 0 Å². The molecular formula is C58H77ClFN9O11. The van der Waals surface area contributed by atoms with Gasteiger partial charge in [0.2, 0.25) is 53.2 Å². The average molecular weight is 1130 g/mol. The Morgan fingerprint density at radius 2 is 1.11 bits per heavy atom. The standard InChI is InChI=1S/C58H77ClFN9O11/c1-36-54(74)65(3)37(2)55(75)68(28-30-80-7)35-50(70)61-45(32-41-20-24-43(60)25-21-41)51(71)63-46(31-38-15-11-16-38)52(72)64-47(33-40-18-22-42(59)23-19-40)57(77)67(5)49(34-39-13-9-8-10-14-39)58(78)69-27-12-17-48(69)53(73)62-44(26-29-79-6)56(76)66(36)4/h8-10,13-14,18-25,36-38,44-49H,11-12,15-17,26-35H2,1-7H3,(H,61,70)(H,62,73)(H,63,71)(H,64,72)/t36-,37+,44-,45-,46-,47-,48+,49-/m0/s1. The van der Waals surface area contributed by atoms with Gasteiger partial charge in [-0.25, -0.2) is 4.39 Å². The zero-order chi connectivity index (χ0) is 58.2. The number of nitrogens with zero attached hydrogens (tertiary/aromatic N) is 5. The van der Waals surface area contributed by atoms with Gasteiger partial charge in [-0.1, -0.05) is 85.5 Å². The van der Waals surface area contributed by atoms with Crippen LogP contribution in [0.3, 0.4) is 0 Å². The summed E-state index contributed by atoms with van der Waals surface area (Å²) in [6, 6.07) is 11.2. The van der Waals surface area contributed by atoms with E-state index in [0.29, 0.717) is 28.1 Å². The number of hydrogen-bond acceptors (Lipinski definition) is 11. The molecule has 20 nitrogen and oxygen atoms in total. The molecule has 22 heteroatoms. The van der Waals surface area contributed by atoms with Crippen LogP contribution in [0, 0.1) is 11.7 Å². The van der Waals surface area contributed by atoms with Gasteiger partial charge in [-0.3, -0.25) is 43.2 Å². The summed E-state index contributed by atoms with van der Waals surface area (Å²) in [5, 5.41) is 11.8. The lowest BCUT2D eigenvalue weighted by molar-refractivity contribution is -0.151. The highest BCUT2D eigenvalue weighted by molar-refractivity contribution is 6.30. The Morgan fingerprint density at radius 3 is 1.74 bits per heavy atom. The lowest BCUT2D eigenvalue weighted by atomic mass is 9.80. The van der Waals surface area contributed by atoms with Crippen molar-refractivity contribution in [1.29, 1.82) is 0 Å². The van der Waals surface area contributed by atoms with Gasteiger partial charge >= 0.3 is 0 Å². The fraction of sp³-hybridized carbons (Fsp3) is 0.534. The second-order valence-electron chi connectivity index (χ2n) is 21.1. The number of carbonyl (C=O) groups excluding carboxylic acids is 9. The molecule has 3 aromatic carbocycles. The van der Waals surface area contributed by atoms with Crippen LogP contribution in [0.25, 0.3) is 0 Å². The SMILES string of the molecule is COCC[C@@H]1NC(=O)[C@H]2CCCN2C(=O)[C@H](Cc2ccccc2)N(C)C(=O)[C@H](Cc2ccc(Cl)cc2)NC(=O)[C@H](CC2CCC2)NC(=O)[C@H](Cc2ccc(F)cc2)NC(=O)CN(CCOC)C(=O)[C@@H](C)N(C)C(=O)[C@H](C)N(C)C1=O. The molecule has 1 saturated carbocycles. The predicted molar refractivity (Wildman–Crippen MR) is 296 cm³/mol. The molecule has 6 rings (SSSR count). The van der Waals surface area contributed by atoms with E-state index in [1.807, 2.05) is 18.2 Å². The molecule has 80 heavy (non-hydrogen) atoms. The molecule has 0 aromatic heterocycles. The average Bonchev–Trinajstić information content (AvgIpc) is 3.99. The maximum atomic E-state index is 15.3. The number of likely N-dealkylation sites (N-methyl/N-ethyl adjacent to an activating group) is 3. The molecule has 3 aliphatic rings. The molecule has 4 N–H and O–H groups in total. The molecule has 1 aliphatic carbocycles. The minimum atomic E-state index is -1.38. The number of amides is 9. The van der Waals surface area contributed by atoms with E-state index in [0.717, 1.165) is 29.1 Å². The lowest BCUT2D eigenvalue weighted by Gasteiger charge is -2.36. The zero-order valence-electron chi connectivity index (χ0n) is 46.8. The minimum Gasteiger partial charge on any atom is -0.385 e. The van der Waals surface area contributed by atoms with Crippen molar-refractivity contribution >= 4 is 64.8 Å². The maximum Gasteiger partial charge on any atom is 0.246 e. The van der Waals surface area contributed by atoms with E-state index in [9.17, 15) is 38.0 Å². The molecule has 0 radical (unpaired) electrons. The topological polar surface area (TPSA) is 236 Å². The monoisotopic (exact) mass is 1130 g/mol. The number of rotatable bonds is 14. The van der Waals surface area contributed by atoms with Gasteiger partial charge in [0, 0.05) is 79.3 Å². The number of methoxy groups -OCH3 is 2. The molecule has 2 heterocycles. The summed E-state index contributed by atoms with van der Waals surface area (Å²) in [5.74, 6) is -6.57. The third kappa shape index (κ3) is 16.6. The van der Waals surface area contributed by atoms with E-state index in [1.54, 1.807) is 36.4 Å². The first-order valence-corrected chi connectivity index (χ1v) is 27.7. The van der Waals surface area contributed by atoms with Crippen LogP contribution in [-0.4, -0.2) is 194 Å². The summed E-state index contributed by atoms with van der Waals surface area (Å²) < 4.78 is 24.8. The third-order valence-electron chi connectivity index (χ3n) is 15.6. The number of nitrogens with one attached hydrogen (secondary N) is 4. The fourth-order valence-corrected chi connectivity index (χ4v) is 10.4. The maximum absolute atomic E-state index is 15.3. The summed E-state index contributed by atoms with van der Waals surface area (Å²) in [6.45, 7) is 2.41. The quantitative estimate of drug-likeness (QED) is 0.183.